The summed E-state index contributed by atoms with van der Waals surface area (Å²) >= 11 is 0. The van der Waals surface area contributed by atoms with Gasteiger partial charge in [0, 0.05) is 5.56 Å². The molecular formula is C19H22N2O3S. The number of aryl methyl sites for hydroxylation is 2. The summed E-state index contributed by atoms with van der Waals surface area (Å²) in [6.45, 7) is 1.93. The number of benzene rings is 2. The molecular weight excluding hydrogens is 336 g/mol. The van der Waals surface area contributed by atoms with Crippen LogP contribution in [0.15, 0.2) is 47.4 Å². The highest BCUT2D eigenvalue weighted by atomic mass is 32.2. The van der Waals surface area contributed by atoms with E-state index in [4.69, 9.17) is 0 Å². The Labute approximate surface area is 148 Å². The van der Waals surface area contributed by atoms with Gasteiger partial charge in [-0.05, 0) is 68.1 Å². The van der Waals surface area contributed by atoms with Crippen LogP contribution in [0.1, 0.15) is 46.4 Å². The molecule has 1 atom stereocenters. The molecule has 0 aromatic heterocycles. The van der Waals surface area contributed by atoms with Crippen LogP contribution in [0, 0.1) is 0 Å². The van der Waals surface area contributed by atoms with Crippen molar-refractivity contribution in [1.29, 1.82) is 0 Å². The lowest BCUT2D eigenvalue weighted by atomic mass is 10.0. The number of carbonyl (C=O) groups excluding carboxylic acids is 1. The van der Waals surface area contributed by atoms with Crippen LogP contribution < -0.4 is 10.0 Å². The van der Waals surface area contributed by atoms with Crippen LogP contribution in [0.3, 0.4) is 0 Å². The number of rotatable bonds is 5. The second kappa shape index (κ2) is 6.98. The molecule has 5 nitrogen and oxygen atoms in total. The van der Waals surface area contributed by atoms with Crippen molar-refractivity contribution >= 4 is 15.9 Å². The maximum absolute atomic E-state index is 12.5. The minimum Gasteiger partial charge on any atom is -0.346 e. The van der Waals surface area contributed by atoms with Crippen LogP contribution in [0.2, 0.25) is 0 Å². The third-order valence-corrected chi connectivity index (χ3v) is 6.06. The van der Waals surface area contributed by atoms with E-state index in [1.165, 1.54) is 36.7 Å². The van der Waals surface area contributed by atoms with E-state index in [9.17, 15) is 13.2 Å². The lowest BCUT2D eigenvalue weighted by molar-refractivity contribution is 0.0939. The molecule has 0 spiro atoms. The largest absolute Gasteiger partial charge is 0.346 e. The molecule has 132 valence electrons. The summed E-state index contributed by atoms with van der Waals surface area (Å²) in [4.78, 5) is 12.6. The zero-order valence-electron chi connectivity index (χ0n) is 14.4. The predicted molar refractivity (Wildman–Crippen MR) is 97.0 cm³/mol. The summed E-state index contributed by atoms with van der Waals surface area (Å²) in [5.74, 6) is -0.291. The van der Waals surface area contributed by atoms with E-state index in [2.05, 4.69) is 28.2 Å². The minimum absolute atomic E-state index is 0.0767. The number of fused-ring (bicyclic) bond motifs is 1. The van der Waals surface area contributed by atoms with Gasteiger partial charge in [-0.25, -0.2) is 13.1 Å². The third kappa shape index (κ3) is 3.75. The molecule has 3 rings (SSSR count). The highest BCUT2D eigenvalue weighted by Crippen LogP contribution is 2.25. The van der Waals surface area contributed by atoms with Gasteiger partial charge in [0.25, 0.3) is 5.91 Å². The first kappa shape index (κ1) is 17.6. The Bertz CT molecular complexity index is 907. The van der Waals surface area contributed by atoms with Crippen molar-refractivity contribution in [1.82, 2.24) is 10.0 Å². The first-order valence-electron chi connectivity index (χ1n) is 8.37. The van der Waals surface area contributed by atoms with Crippen molar-refractivity contribution in [2.75, 3.05) is 7.05 Å². The molecule has 0 fully saturated rings. The lowest BCUT2D eigenvalue weighted by Crippen LogP contribution is -2.27. The maximum Gasteiger partial charge on any atom is 0.251 e. The molecule has 0 heterocycles. The van der Waals surface area contributed by atoms with E-state index < -0.39 is 10.0 Å². The fraction of sp³-hybridized carbons (Fsp3) is 0.316. The van der Waals surface area contributed by atoms with Gasteiger partial charge in [-0.15, -0.1) is 0 Å². The first-order chi connectivity index (χ1) is 11.9. The topological polar surface area (TPSA) is 75.3 Å². The van der Waals surface area contributed by atoms with E-state index in [0.717, 1.165) is 18.4 Å². The molecule has 1 unspecified atom stereocenters. The molecule has 1 aliphatic rings. The zero-order valence-corrected chi connectivity index (χ0v) is 15.2. The first-order valence-corrected chi connectivity index (χ1v) is 9.85. The Morgan fingerprint density at radius 1 is 1.08 bits per heavy atom. The predicted octanol–water partition coefficient (Wildman–Crippen LogP) is 2.57. The smallest absolute Gasteiger partial charge is 0.251 e. The van der Waals surface area contributed by atoms with E-state index in [-0.39, 0.29) is 16.8 Å². The van der Waals surface area contributed by atoms with Crippen LogP contribution in [0.5, 0.6) is 0 Å². The van der Waals surface area contributed by atoms with E-state index in [1.807, 2.05) is 6.92 Å². The Balaban J connectivity index is 1.77. The van der Waals surface area contributed by atoms with Gasteiger partial charge in [-0.1, -0.05) is 24.3 Å². The molecule has 1 amide bonds. The Kier molecular flexibility index (Phi) is 4.92. The van der Waals surface area contributed by atoms with Gasteiger partial charge in [0.2, 0.25) is 10.0 Å². The van der Waals surface area contributed by atoms with Gasteiger partial charge in [0.15, 0.2) is 0 Å². The van der Waals surface area contributed by atoms with Crippen molar-refractivity contribution in [3.8, 4) is 0 Å². The monoisotopic (exact) mass is 358 g/mol. The van der Waals surface area contributed by atoms with Crippen LogP contribution >= 0.6 is 0 Å². The molecule has 1 aliphatic carbocycles. The molecule has 2 aromatic carbocycles. The molecule has 0 bridgehead atoms. The zero-order chi connectivity index (χ0) is 18.0. The summed E-state index contributed by atoms with van der Waals surface area (Å²) in [6.07, 6.45) is 3.41. The van der Waals surface area contributed by atoms with E-state index in [0.29, 0.717) is 5.56 Å². The van der Waals surface area contributed by atoms with Gasteiger partial charge in [0.05, 0.1) is 10.9 Å². The molecule has 0 radical (unpaired) electrons. The third-order valence-electron chi connectivity index (χ3n) is 4.65. The fourth-order valence-electron chi connectivity index (χ4n) is 3.15. The van der Waals surface area contributed by atoms with Crippen molar-refractivity contribution in [3.63, 3.8) is 0 Å². The van der Waals surface area contributed by atoms with E-state index in [1.54, 1.807) is 12.1 Å². The molecule has 2 N–H and O–H groups in total. The van der Waals surface area contributed by atoms with E-state index >= 15 is 0 Å². The van der Waals surface area contributed by atoms with Gasteiger partial charge in [0.1, 0.15) is 0 Å². The highest BCUT2D eigenvalue weighted by molar-refractivity contribution is 7.89. The highest BCUT2D eigenvalue weighted by Gasteiger charge is 2.17. The number of sulfonamides is 1. The normalized spacial score (nSPS) is 14.8. The summed E-state index contributed by atoms with van der Waals surface area (Å²) in [5.41, 5.74) is 4.14. The molecule has 2 aromatic rings. The molecule has 25 heavy (non-hydrogen) atoms. The maximum atomic E-state index is 12.5. The molecule has 6 heteroatoms. The Morgan fingerprint density at radius 2 is 1.84 bits per heavy atom. The van der Waals surface area contributed by atoms with Gasteiger partial charge >= 0.3 is 0 Å². The van der Waals surface area contributed by atoms with Crippen LogP contribution in [-0.4, -0.2) is 21.4 Å². The summed E-state index contributed by atoms with van der Waals surface area (Å²) in [6, 6.07) is 12.2. The van der Waals surface area contributed by atoms with Crippen molar-refractivity contribution in [2.45, 2.75) is 37.1 Å². The van der Waals surface area contributed by atoms with Gasteiger partial charge < -0.3 is 5.32 Å². The van der Waals surface area contributed by atoms with Gasteiger partial charge in [-0.3, -0.25) is 4.79 Å². The number of carbonyl (C=O) groups is 1. The van der Waals surface area contributed by atoms with Crippen molar-refractivity contribution < 1.29 is 13.2 Å². The quantitative estimate of drug-likeness (QED) is 0.863. The second-order valence-corrected chi connectivity index (χ2v) is 8.20. The van der Waals surface area contributed by atoms with Crippen LogP contribution in [0.4, 0.5) is 0 Å². The number of hydrogen-bond donors (Lipinski definition) is 2. The molecule has 0 saturated carbocycles. The summed E-state index contributed by atoms with van der Waals surface area (Å²) < 4.78 is 26.0. The standard InChI is InChI=1S/C19H22N2O3S/c1-13(15-10-9-14-5-3-6-16(14)11-15)21-19(22)17-7-4-8-18(12-17)25(23,24)20-2/h4,7-13,20H,3,5-6H2,1-2H3,(H,21,22). The average Bonchev–Trinajstić information content (AvgIpc) is 3.09. The summed E-state index contributed by atoms with van der Waals surface area (Å²) in [7, 11) is -2.23. The van der Waals surface area contributed by atoms with Crippen molar-refractivity contribution in [2.24, 2.45) is 0 Å². The minimum atomic E-state index is -3.57. The Hall–Kier alpha value is -2.18. The average molecular weight is 358 g/mol. The van der Waals surface area contributed by atoms with Crippen LogP contribution in [0.25, 0.3) is 0 Å². The SMILES string of the molecule is CNS(=O)(=O)c1cccc(C(=O)NC(C)c2ccc3c(c2)CCC3)c1. The lowest BCUT2D eigenvalue weighted by Gasteiger charge is -2.16. The number of nitrogens with one attached hydrogen (secondary N) is 2. The molecule has 0 aliphatic heterocycles. The Morgan fingerprint density at radius 3 is 2.60 bits per heavy atom. The number of hydrogen-bond acceptors (Lipinski definition) is 3. The summed E-state index contributed by atoms with van der Waals surface area (Å²) in [5, 5.41) is 2.95. The second-order valence-electron chi connectivity index (χ2n) is 6.31. The van der Waals surface area contributed by atoms with Crippen molar-refractivity contribution in [3.05, 3.63) is 64.7 Å². The fourth-order valence-corrected chi connectivity index (χ4v) is 3.92. The van der Waals surface area contributed by atoms with Crippen LogP contribution in [-0.2, 0) is 22.9 Å². The number of amides is 1. The van der Waals surface area contributed by atoms with Gasteiger partial charge in [-0.2, -0.15) is 0 Å². The molecule has 0 saturated heterocycles.